The predicted octanol–water partition coefficient (Wildman–Crippen LogP) is 14.4. The first-order chi connectivity index (χ1) is 28.7. The molecular weight excluding hydrogens is 707 g/mol. The van der Waals surface area contributed by atoms with Crippen LogP contribution in [0.25, 0.3) is 116 Å². The molecule has 0 atom stereocenters. The third-order valence-corrected chi connectivity index (χ3v) is 11.6. The van der Waals surface area contributed by atoms with Gasteiger partial charge in [0.1, 0.15) is 11.2 Å². The summed E-state index contributed by atoms with van der Waals surface area (Å²) in [6.45, 7) is 0. The molecule has 0 unspecified atom stereocenters. The lowest BCUT2D eigenvalue weighted by molar-refractivity contribution is 0.668. The number of fused-ring (bicyclic) bond motifs is 8. The molecule has 9 aromatic carbocycles. The summed E-state index contributed by atoms with van der Waals surface area (Å²) in [6, 6.07) is 70.9. The van der Waals surface area contributed by atoms with Gasteiger partial charge < -0.3 is 8.98 Å². The van der Waals surface area contributed by atoms with Crippen LogP contribution in [0, 0.1) is 0 Å². The molecule has 0 N–H and O–H groups in total. The largest absolute Gasteiger partial charge is 0.456 e. The molecule has 58 heavy (non-hydrogen) atoms. The Morgan fingerprint density at radius 1 is 0.362 bits per heavy atom. The zero-order chi connectivity index (χ0) is 38.2. The molecule has 0 amide bonds. The summed E-state index contributed by atoms with van der Waals surface area (Å²) < 4.78 is 9.06. The van der Waals surface area contributed by atoms with Crippen molar-refractivity contribution in [3.05, 3.63) is 200 Å². The highest BCUT2D eigenvalue weighted by Crippen LogP contribution is 2.40. The quantitative estimate of drug-likeness (QED) is 0.177. The molecule has 12 rings (SSSR count). The molecule has 0 spiro atoms. The summed E-state index contributed by atoms with van der Waals surface area (Å²) in [4.78, 5) is 10.6. The van der Waals surface area contributed by atoms with Crippen molar-refractivity contribution in [1.29, 1.82) is 0 Å². The number of nitrogens with zero attached hydrogens (tertiary/aromatic N) is 3. The minimum atomic E-state index is 0.655. The van der Waals surface area contributed by atoms with Crippen LogP contribution in [-0.4, -0.2) is 14.5 Å². The topological polar surface area (TPSA) is 43.9 Å². The average Bonchev–Trinajstić information content (AvgIpc) is 3.84. The third-order valence-electron chi connectivity index (χ3n) is 11.6. The second-order valence-electron chi connectivity index (χ2n) is 15.0. The Kier molecular flexibility index (Phi) is 7.20. The van der Waals surface area contributed by atoms with E-state index < -0.39 is 0 Å². The Hall–Kier alpha value is -7.82. The van der Waals surface area contributed by atoms with Gasteiger partial charge in [0, 0.05) is 50.0 Å². The molecule has 12 aromatic rings. The zero-order valence-corrected chi connectivity index (χ0v) is 31.3. The fourth-order valence-electron chi connectivity index (χ4n) is 8.76. The van der Waals surface area contributed by atoms with E-state index in [-0.39, 0.29) is 0 Å². The molecule has 0 saturated heterocycles. The van der Waals surface area contributed by atoms with Crippen molar-refractivity contribution in [2.45, 2.75) is 0 Å². The molecule has 4 nitrogen and oxygen atoms in total. The molecule has 0 radical (unpaired) electrons. The van der Waals surface area contributed by atoms with Crippen LogP contribution in [0.3, 0.4) is 0 Å². The van der Waals surface area contributed by atoms with E-state index in [0.717, 1.165) is 66.7 Å². The van der Waals surface area contributed by atoms with Crippen LogP contribution in [0.15, 0.2) is 205 Å². The van der Waals surface area contributed by atoms with Gasteiger partial charge in [-0.3, -0.25) is 0 Å². The second-order valence-corrected chi connectivity index (χ2v) is 15.0. The van der Waals surface area contributed by atoms with E-state index >= 15 is 0 Å². The van der Waals surface area contributed by atoms with Gasteiger partial charge in [0.05, 0.1) is 22.4 Å². The minimum Gasteiger partial charge on any atom is -0.456 e. The van der Waals surface area contributed by atoms with E-state index in [1.807, 2.05) is 12.1 Å². The number of para-hydroxylation sites is 1. The van der Waals surface area contributed by atoms with Crippen LogP contribution < -0.4 is 0 Å². The van der Waals surface area contributed by atoms with Gasteiger partial charge in [-0.2, -0.15) is 0 Å². The van der Waals surface area contributed by atoms with Gasteiger partial charge in [0.25, 0.3) is 0 Å². The van der Waals surface area contributed by atoms with Gasteiger partial charge >= 0.3 is 0 Å². The highest BCUT2D eigenvalue weighted by Gasteiger charge is 2.19. The van der Waals surface area contributed by atoms with Gasteiger partial charge in [-0.15, -0.1) is 0 Å². The predicted molar refractivity (Wildman–Crippen MR) is 240 cm³/mol. The van der Waals surface area contributed by atoms with Crippen LogP contribution in [0.4, 0.5) is 0 Å². The second kappa shape index (κ2) is 12.9. The number of furan rings is 1. The monoisotopic (exact) mass is 739 g/mol. The van der Waals surface area contributed by atoms with E-state index in [0.29, 0.717) is 5.82 Å². The molecule has 3 heterocycles. The van der Waals surface area contributed by atoms with Crippen molar-refractivity contribution in [2.75, 3.05) is 0 Å². The first kappa shape index (κ1) is 32.4. The van der Waals surface area contributed by atoms with Crippen molar-refractivity contribution in [3.8, 4) is 50.7 Å². The lowest BCUT2D eigenvalue weighted by Gasteiger charge is -2.11. The van der Waals surface area contributed by atoms with E-state index in [1.165, 1.54) is 43.4 Å². The number of rotatable bonds is 5. The van der Waals surface area contributed by atoms with E-state index in [4.69, 9.17) is 14.4 Å². The van der Waals surface area contributed by atoms with Gasteiger partial charge in [-0.25, -0.2) is 9.97 Å². The summed E-state index contributed by atoms with van der Waals surface area (Å²) in [7, 11) is 0. The minimum absolute atomic E-state index is 0.655. The van der Waals surface area contributed by atoms with E-state index in [9.17, 15) is 0 Å². The number of hydrogen-bond acceptors (Lipinski definition) is 3. The Balaban J connectivity index is 1.04. The summed E-state index contributed by atoms with van der Waals surface area (Å²) in [5, 5.41) is 9.19. The first-order valence-electron chi connectivity index (χ1n) is 19.6. The molecule has 0 aliphatic heterocycles. The lowest BCUT2D eigenvalue weighted by atomic mass is 10.0. The van der Waals surface area contributed by atoms with Gasteiger partial charge in [0.15, 0.2) is 5.82 Å². The summed E-state index contributed by atoms with van der Waals surface area (Å²) in [6.07, 6.45) is 0. The zero-order valence-electron chi connectivity index (χ0n) is 31.3. The summed E-state index contributed by atoms with van der Waals surface area (Å²) >= 11 is 0. The van der Waals surface area contributed by atoms with Crippen LogP contribution >= 0.6 is 0 Å². The fraction of sp³-hybridized carbons (Fsp3) is 0. The average molecular weight is 740 g/mol. The molecule has 0 aliphatic rings. The molecule has 3 aromatic heterocycles. The van der Waals surface area contributed by atoms with Gasteiger partial charge in [-0.1, -0.05) is 140 Å². The van der Waals surface area contributed by atoms with Crippen molar-refractivity contribution in [2.24, 2.45) is 0 Å². The third kappa shape index (κ3) is 5.23. The van der Waals surface area contributed by atoms with Crippen LogP contribution in [0.1, 0.15) is 0 Å². The molecule has 270 valence electrons. The van der Waals surface area contributed by atoms with Gasteiger partial charge in [-0.05, 0) is 87.3 Å². The van der Waals surface area contributed by atoms with Crippen molar-refractivity contribution in [1.82, 2.24) is 14.5 Å². The van der Waals surface area contributed by atoms with E-state index in [2.05, 4.69) is 193 Å². The highest BCUT2D eigenvalue weighted by molar-refractivity contribution is 6.14. The Labute approximate surface area is 333 Å². The fourth-order valence-corrected chi connectivity index (χ4v) is 8.76. The van der Waals surface area contributed by atoms with Crippen molar-refractivity contribution >= 4 is 65.3 Å². The van der Waals surface area contributed by atoms with Crippen LogP contribution in [0.2, 0.25) is 0 Å². The molecule has 0 aliphatic carbocycles. The van der Waals surface area contributed by atoms with Crippen LogP contribution in [0.5, 0.6) is 0 Å². The summed E-state index contributed by atoms with van der Waals surface area (Å²) in [5.74, 6) is 0.655. The smallest absolute Gasteiger partial charge is 0.161 e. The SMILES string of the molecule is c1ccc(-c2ccc3c(c2)c2ccccc2n3-c2ccc3c(c2)oc2cccc(-c4nc(-c5ccc6ccccc6c5)cc(-c5ccc6ccccc6c5)n4)c23)cc1. The maximum absolute atomic E-state index is 6.71. The van der Waals surface area contributed by atoms with Crippen molar-refractivity contribution in [3.63, 3.8) is 0 Å². The molecule has 4 heteroatoms. The Morgan fingerprint density at radius 2 is 1.00 bits per heavy atom. The molecule has 0 fully saturated rings. The number of benzene rings is 9. The lowest BCUT2D eigenvalue weighted by Crippen LogP contribution is -1.96. The number of hydrogen-bond donors (Lipinski definition) is 0. The number of aromatic nitrogens is 3. The molecule has 0 saturated carbocycles. The Morgan fingerprint density at radius 3 is 1.74 bits per heavy atom. The summed E-state index contributed by atoms with van der Waals surface area (Å²) in [5.41, 5.74) is 12.1. The van der Waals surface area contributed by atoms with Crippen molar-refractivity contribution < 1.29 is 4.42 Å². The maximum atomic E-state index is 6.71. The maximum Gasteiger partial charge on any atom is 0.161 e. The molecular formula is C54H33N3O. The first-order valence-corrected chi connectivity index (χ1v) is 19.6. The molecule has 0 bridgehead atoms. The van der Waals surface area contributed by atoms with Gasteiger partial charge in [0.2, 0.25) is 0 Å². The normalized spacial score (nSPS) is 11.8. The van der Waals surface area contributed by atoms with E-state index in [1.54, 1.807) is 0 Å². The standard InChI is InChI=1S/C54H33N3O/c1-2-11-34(12-3-1)39-25-28-50-46(31-39)43-17-8-9-19-49(43)57(50)42-26-27-44-52(32-42)58-51-20-10-18-45(53(44)51)54-55-47(40-23-21-35-13-4-6-15-37(35)29-40)33-48(56-54)41-24-22-36-14-5-7-16-38(36)30-41/h1-33H. The Bertz CT molecular complexity index is 3480. The van der Waals surface area contributed by atoms with Crippen LogP contribution in [-0.2, 0) is 0 Å². The highest BCUT2D eigenvalue weighted by atomic mass is 16.3.